The number of allylic oxidation sites excluding steroid dienone is 1. The van der Waals surface area contributed by atoms with Crippen LogP contribution in [-0.2, 0) is 14.3 Å². The first-order valence-corrected chi connectivity index (χ1v) is 13.5. The van der Waals surface area contributed by atoms with Gasteiger partial charge in [-0.2, -0.15) is 0 Å². The maximum absolute atomic E-state index is 15.5. The summed E-state index contributed by atoms with van der Waals surface area (Å²) in [4.78, 5) is 23.5. The van der Waals surface area contributed by atoms with E-state index in [2.05, 4.69) is 21.8 Å². The predicted molar refractivity (Wildman–Crippen MR) is 152 cm³/mol. The highest BCUT2D eigenvalue weighted by atomic mass is 19.1. The van der Waals surface area contributed by atoms with Crippen molar-refractivity contribution in [3.05, 3.63) is 48.7 Å². The van der Waals surface area contributed by atoms with Gasteiger partial charge in [-0.15, -0.1) is 0 Å². The number of rotatable bonds is 10. The number of fused-ring (bicyclic) bond motifs is 1. The third kappa shape index (κ3) is 5.82. The van der Waals surface area contributed by atoms with Gasteiger partial charge in [-0.1, -0.05) is 6.58 Å². The number of ketones is 1. The Balaban J connectivity index is 1.58. The van der Waals surface area contributed by atoms with Crippen LogP contribution in [0.5, 0.6) is 11.5 Å². The normalized spacial score (nSPS) is 19.4. The van der Waals surface area contributed by atoms with E-state index in [0.717, 1.165) is 18.2 Å². The first-order chi connectivity index (χ1) is 19.9. The molecule has 9 nitrogen and oxygen atoms in total. The number of hydrogen-bond donors (Lipinski definition) is 1. The van der Waals surface area contributed by atoms with E-state index >= 15 is 8.78 Å². The number of pyridine rings is 2. The van der Waals surface area contributed by atoms with Gasteiger partial charge in [-0.05, 0) is 31.1 Å². The summed E-state index contributed by atoms with van der Waals surface area (Å²) in [6.07, 6.45) is 5.02. The molecule has 41 heavy (non-hydrogen) atoms. The smallest absolute Gasteiger partial charge is 0.177 e. The monoisotopic (exact) mass is 568 g/mol. The molecule has 2 atom stereocenters. The van der Waals surface area contributed by atoms with Crippen LogP contribution in [0.25, 0.3) is 22.0 Å². The Kier molecular flexibility index (Phi) is 8.65. The average molecular weight is 569 g/mol. The number of nitrogens with one attached hydrogen (secondary N) is 1. The number of halogens is 2. The molecule has 218 valence electrons. The van der Waals surface area contributed by atoms with E-state index in [1.807, 2.05) is 6.07 Å². The van der Waals surface area contributed by atoms with Gasteiger partial charge in [0.25, 0.3) is 0 Å². The summed E-state index contributed by atoms with van der Waals surface area (Å²) < 4.78 is 52.5. The van der Waals surface area contributed by atoms with Crippen LogP contribution in [0.4, 0.5) is 20.4 Å². The molecule has 2 aromatic heterocycles. The molecule has 0 unspecified atom stereocenters. The molecule has 2 fully saturated rings. The predicted octanol–water partition coefficient (Wildman–Crippen LogP) is 4.78. The summed E-state index contributed by atoms with van der Waals surface area (Å²) >= 11 is 0. The fraction of sp³-hybridized carbons (Fsp3) is 0.433. The molecule has 2 saturated heterocycles. The first kappa shape index (κ1) is 28.7. The lowest BCUT2D eigenvalue weighted by Gasteiger charge is -2.33. The number of nitrogens with zero attached hydrogens (tertiary/aromatic N) is 3. The lowest BCUT2D eigenvalue weighted by molar-refractivity contribution is -0.115. The Morgan fingerprint density at radius 2 is 1.83 bits per heavy atom. The van der Waals surface area contributed by atoms with E-state index in [0.29, 0.717) is 49.7 Å². The molecule has 5 rings (SSSR count). The maximum atomic E-state index is 15.5. The summed E-state index contributed by atoms with van der Waals surface area (Å²) in [5.74, 6) is -0.909. The summed E-state index contributed by atoms with van der Waals surface area (Å²) in [6.45, 7) is 5.79. The summed E-state index contributed by atoms with van der Waals surface area (Å²) in [7, 11) is 4.32. The minimum atomic E-state index is -0.866. The fourth-order valence-electron chi connectivity index (χ4n) is 5.48. The second-order valence-electron chi connectivity index (χ2n) is 10.3. The summed E-state index contributed by atoms with van der Waals surface area (Å²) in [5, 5.41) is 4.84. The molecule has 2 aliphatic heterocycles. The van der Waals surface area contributed by atoms with E-state index in [-0.39, 0.29) is 46.6 Å². The van der Waals surface area contributed by atoms with Crippen molar-refractivity contribution in [3.63, 3.8) is 0 Å². The molecule has 4 heterocycles. The maximum Gasteiger partial charge on any atom is 0.177 e. The topological polar surface area (TPSA) is 95.0 Å². The molecular formula is C30H34F2N4O5. The Morgan fingerprint density at radius 3 is 2.46 bits per heavy atom. The first-order valence-electron chi connectivity index (χ1n) is 13.5. The molecule has 3 aromatic rings. The van der Waals surface area contributed by atoms with E-state index in [1.54, 1.807) is 19.4 Å². The molecule has 11 heteroatoms. The van der Waals surface area contributed by atoms with Crippen LogP contribution in [0.15, 0.2) is 37.1 Å². The van der Waals surface area contributed by atoms with Crippen molar-refractivity contribution < 1.29 is 32.5 Å². The molecule has 1 aromatic carbocycles. The number of methoxy groups -OCH3 is 3. The number of aromatic nitrogens is 2. The van der Waals surface area contributed by atoms with Gasteiger partial charge in [0.1, 0.15) is 11.6 Å². The minimum Gasteiger partial charge on any atom is -0.494 e. The molecule has 0 aliphatic carbocycles. The number of carbonyl (C=O) groups is 1. The lowest BCUT2D eigenvalue weighted by Crippen LogP contribution is -2.37. The molecule has 0 saturated carbocycles. The number of benzene rings is 1. The van der Waals surface area contributed by atoms with Crippen LogP contribution in [-0.4, -0.2) is 75.5 Å². The summed E-state index contributed by atoms with van der Waals surface area (Å²) in [6, 6.07) is 4.56. The lowest BCUT2D eigenvalue weighted by atomic mass is 9.97. The highest BCUT2D eigenvalue weighted by molar-refractivity contribution is 5.96. The van der Waals surface area contributed by atoms with Crippen molar-refractivity contribution in [2.75, 3.05) is 57.8 Å². The van der Waals surface area contributed by atoms with Crippen molar-refractivity contribution in [2.24, 2.45) is 5.92 Å². The van der Waals surface area contributed by atoms with Crippen LogP contribution in [0.3, 0.4) is 0 Å². The van der Waals surface area contributed by atoms with Gasteiger partial charge in [0.2, 0.25) is 0 Å². The number of ether oxygens (including phenoxy) is 4. The van der Waals surface area contributed by atoms with E-state index in [9.17, 15) is 4.79 Å². The number of piperidine rings is 1. The quantitative estimate of drug-likeness (QED) is 0.347. The second-order valence-corrected chi connectivity index (χ2v) is 10.3. The van der Waals surface area contributed by atoms with Crippen LogP contribution >= 0.6 is 0 Å². The molecule has 1 N–H and O–H groups in total. The molecule has 0 spiro atoms. The Morgan fingerprint density at radius 1 is 1.12 bits per heavy atom. The highest BCUT2D eigenvalue weighted by Crippen LogP contribution is 2.40. The van der Waals surface area contributed by atoms with E-state index in [4.69, 9.17) is 23.9 Å². The number of carbonyl (C=O) groups excluding carboxylic acids is 1. The Hall–Kier alpha value is -3.83. The SMILES string of the molecule is C=CC(=O)C[C@H]1COC[C@H]1Nc1cc2c(N3CCC(OC)CC3)nc(-c3c(F)c(OC)cc(OC)c3F)cc2cn1. The highest BCUT2D eigenvalue weighted by Gasteiger charge is 2.31. The number of hydrogen-bond acceptors (Lipinski definition) is 9. The fourth-order valence-corrected chi connectivity index (χ4v) is 5.48. The third-order valence-corrected chi connectivity index (χ3v) is 7.82. The van der Waals surface area contributed by atoms with Crippen LogP contribution < -0.4 is 19.7 Å². The second kappa shape index (κ2) is 12.4. The Bertz CT molecular complexity index is 1420. The van der Waals surface area contributed by atoms with Gasteiger partial charge in [-0.3, -0.25) is 4.79 Å². The van der Waals surface area contributed by atoms with Gasteiger partial charge in [0.15, 0.2) is 28.9 Å². The van der Waals surface area contributed by atoms with Gasteiger partial charge in [0, 0.05) is 55.6 Å². The largest absolute Gasteiger partial charge is 0.494 e. The van der Waals surface area contributed by atoms with Gasteiger partial charge in [0.05, 0.1) is 50.8 Å². The third-order valence-electron chi connectivity index (χ3n) is 7.82. The van der Waals surface area contributed by atoms with Crippen molar-refractivity contribution in [1.29, 1.82) is 0 Å². The van der Waals surface area contributed by atoms with Crippen LogP contribution in [0.2, 0.25) is 0 Å². The zero-order chi connectivity index (χ0) is 29.1. The molecule has 0 bridgehead atoms. The average Bonchev–Trinajstić information content (AvgIpc) is 3.43. The molecule has 0 amide bonds. The minimum absolute atomic E-state index is 0.0139. The van der Waals surface area contributed by atoms with E-state index < -0.39 is 11.6 Å². The van der Waals surface area contributed by atoms with Crippen molar-refractivity contribution in [2.45, 2.75) is 31.4 Å². The van der Waals surface area contributed by atoms with Crippen LogP contribution in [0.1, 0.15) is 19.3 Å². The van der Waals surface area contributed by atoms with Crippen molar-refractivity contribution in [1.82, 2.24) is 9.97 Å². The zero-order valence-electron chi connectivity index (χ0n) is 23.4. The van der Waals surface area contributed by atoms with Crippen molar-refractivity contribution >= 4 is 28.2 Å². The van der Waals surface area contributed by atoms with Crippen molar-refractivity contribution in [3.8, 4) is 22.8 Å². The summed E-state index contributed by atoms with van der Waals surface area (Å²) in [5.41, 5.74) is -0.237. The molecule has 0 radical (unpaired) electrons. The van der Waals surface area contributed by atoms with Gasteiger partial charge in [-0.25, -0.2) is 18.7 Å². The van der Waals surface area contributed by atoms with Gasteiger partial charge >= 0.3 is 0 Å². The van der Waals surface area contributed by atoms with Crippen LogP contribution in [0, 0.1) is 17.6 Å². The van der Waals surface area contributed by atoms with Gasteiger partial charge < -0.3 is 29.2 Å². The zero-order valence-corrected chi connectivity index (χ0v) is 23.4. The Labute approximate surface area is 237 Å². The molecule has 2 aliphatic rings. The van der Waals surface area contributed by atoms with E-state index in [1.165, 1.54) is 26.4 Å². The number of anilines is 2. The standard InChI is InChI=1S/C30H34F2N4O5/c1-5-19(37)10-18-15-41-16-23(18)34-26-12-21-17(14-33-26)11-22(35-30(21)36-8-6-20(38-2)7-9-36)27-28(31)24(39-3)13-25(40-4)29(27)32/h5,11-14,18,20,23H,1,6-10,15-16H2,2-4H3,(H,33,34)/t18-,23+/m0/s1. The molecular weight excluding hydrogens is 534 g/mol.